The Morgan fingerprint density at radius 1 is 1.09 bits per heavy atom. The minimum absolute atomic E-state index is 0.0470. The molecular weight excluding hydrogens is 400 g/mol. The van der Waals surface area contributed by atoms with Crippen molar-refractivity contribution in [3.8, 4) is 5.75 Å². The van der Waals surface area contributed by atoms with Crippen LogP contribution >= 0.6 is 0 Å². The smallest absolute Gasteiger partial charge is 0.185 e. The average molecular weight is 434 g/mol. The van der Waals surface area contributed by atoms with Gasteiger partial charge in [0.15, 0.2) is 5.78 Å². The van der Waals surface area contributed by atoms with Gasteiger partial charge in [0.2, 0.25) is 0 Å². The first-order valence-electron chi connectivity index (χ1n) is 11.6. The maximum absolute atomic E-state index is 12.6. The molecular formula is C27H33N2O3+. The first-order chi connectivity index (χ1) is 15.6. The van der Waals surface area contributed by atoms with Gasteiger partial charge in [0.05, 0.1) is 26.7 Å². The number of ether oxygens (including phenoxy) is 1. The van der Waals surface area contributed by atoms with Crippen LogP contribution in [-0.4, -0.2) is 48.3 Å². The van der Waals surface area contributed by atoms with E-state index in [0.29, 0.717) is 12.1 Å². The Morgan fingerprint density at radius 3 is 2.53 bits per heavy atom. The van der Waals surface area contributed by atoms with Gasteiger partial charge in [0.1, 0.15) is 18.4 Å². The van der Waals surface area contributed by atoms with Gasteiger partial charge in [-0.2, -0.15) is 0 Å². The number of benzene rings is 2. The van der Waals surface area contributed by atoms with E-state index in [4.69, 9.17) is 4.74 Å². The van der Waals surface area contributed by atoms with Crippen LogP contribution in [0, 0.1) is 0 Å². The lowest BCUT2D eigenvalue weighted by molar-refractivity contribution is -0.902. The normalized spacial score (nSPS) is 16.3. The Bertz CT molecular complexity index is 1060. The van der Waals surface area contributed by atoms with Crippen LogP contribution in [0.4, 0.5) is 0 Å². The second kappa shape index (κ2) is 10.6. The predicted molar refractivity (Wildman–Crippen MR) is 128 cm³/mol. The van der Waals surface area contributed by atoms with Gasteiger partial charge in [-0.1, -0.05) is 18.2 Å². The Kier molecular flexibility index (Phi) is 7.40. The van der Waals surface area contributed by atoms with Crippen LogP contribution in [0.3, 0.4) is 0 Å². The molecule has 1 atom stereocenters. The van der Waals surface area contributed by atoms with Gasteiger partial charge in [-0.3, -0.25) is 4.79 Å². The highest BCUT2D eigenvalue weighted by Gasteiger charge is 2.18. The molecule has 0 spiro atoms. The van der Waals surface area contributed by atoms with Gasteiger partial charge in [-0.05, 0) is 68.2 Å². The molecule has 0 unspecified atom stereocenters. The number of nitrogens with zero attached hydrogens (tertiary/aromatic N) is 1. The Balaban J connectivity index is 1.49. The third-order valence-corrected chi connectivity index (χ3v) is 6.35. The molecule has 1 aliphatic rings. The van der Waals surface area contributed by atoms with E-state index in [2.05, 4.69) is 16.7 Å². The molecule has 0 aliphatic carbocycles. The SMILES string of the molecule is COc1ccc(C(=O)/C=C/c2cn(C[C@H](O)C[NH+]3CCCCCC3)c3ccccc23)cc1. The number of fused-ring (bicyclic) bond motifs is 1. The van der Waals surface area contributed by atoms with Gasteiger partial charge >= 0.3 is 0 Å². The Morgan fingerprint density at radius 2 is 1.81 bits per heavy atom. The number of aromatic nitrogens is 1. The van der Waals surface area contributed by atoms with Gasteiger partial charge < -0.3 is 19.3 Å². The maximum atomic E-state index is 12.6. The van der Waals surface area contributed by atoms with Gasteiger partial charge in [-0.15, -0.1) is 0 Å². The minimum atomic E-state index is -0.392. The first kappa shape index (κ1) is 22.3. The number of rotatable bonds is 8. The van der Waals surface area contributed by atoms with Crippen molar-refractivity contribution in [3.63, 3.8) is 0 Å². The Labute approximate surface area is 189 Å². The molecule has 1 saturated heterocycles. The third kappa shape index (κ3) is 5.47. The zero-order chi connectivity index (χ0) is 22.3. The molecule has 0 bridgehead atoms. The van der Waals surface area contributed by atoms with E-state index in [0.717, 1.165) is 41.9 Å². The molecule has 1 aliphatic heterocycles. The summed E-state index contributed by atoms with van der Waals surface area (Å²) in [5.74, 6) is 0.684. The van der Waals surface area contributed by atoms with Crippen molar-refractivity contribution in [1.29, 1.82) is 0 Å². The summed E-state index contributed by atoms with van der Waals surface area (Å²) in [6.45, 7) is 3.66. The van der Waals surface area contributed by atoms with Crippen molar-refractivity contribution in [2.24, 2.45) is 0 Å². The van der Waals surface area contributed by atoms with Crippen molar-refractivity contribution in [1.82, 2.24) is 4.57 Å². The van der Waals surface area contributed by atoms with Gasteiger partial charge in [-0.25, -0.2) is 0 Å². The zero-order valence-corrected chi connectivity index (χ0v) is 18.8. The summed E-state index contributed by atoms with van der Waals surface area (Å²) in [5.41, 5.74) is 2.69. The summed E-state index contributed by atoms with van der Waals surface area (Å²) in [5, 5.41) is 11.9. The summed E-state index contributed by atoms with van der Waals surface area (Å²) < 4.78 is 7.28. The van der Waals surface area contributed by atoms with Crippen LogP contribution in [-0.2, 0) is 6.54 Å². The van der Waals surface area contributed by atoms with Crippen LogP contribution in [0.15, 0.2) is 60.8 Å². The number of allylic oxidation sites excluding steroid dienone is 1. The average Bonchev–Trinajstić information content (AvgIpc) is 2.97. The summed E-state index contributed by atoms with van der Waals surface area (Å²) >= 11 is 0. The second-order valence-electron chi connectivity index (χ2n) is 8.70. The van der Waals surface area contributed by atoms with E-state index in [1.807, 2.05) is 24.4 Å². The molecule has 4 rings (SSSR count). The summed E-state index contributed by atoms with van der Waals surface area (Å²) in [4.78, 5) is 14.1. The largest absolute Gasteiger partial charge is 0.497 e. The number of nitrogens with one attached hydrogen (secondary N) is 1. The highest BCUT2D eigenvalue weighted by Crippen LogP contribution is 2.23. The molecule has 3 aromatic rings. The number of likely N-dealkylation sites (tertiary alicyclic amines) is 1. The number of aliphatic hydroxyl groups excluding tert-OH is 1. The lowest BCUT2D eigenvalue weighted by atomic mass is 10.1. The van der Waals surface area contributed by atoms with Crippen LogP contribution < -0.4 is 9.64 Å². The summed E-state index contributed by atoms with van der Waals surface area (Å²) in [6.07, 6.45) is 10.3. The Hall–Kier alpha value is -2.89. The van der Waals surface area contributed by atoms with Crippen molar-refractivity contribution in [2.45, 2.75) is 38.3 Å². The molecule has 5 heteroatoms. The molecule has 0 saturated carbocycles. The number of quaternary nitrogens is 1. The summed E-state index contributed by atoms with van der Waals surface area (Å²) in [7, 11) is 1.61. The predicted octanol–water partition coefficient (Wildman–Crippen LogP) is 3.37. The fourth-order valence-electron chi connectivity index (χ4n) is 4.63. The minimum Gasteiger partial charge on any atom is -0.497 e. The number of methoxy groups -OCH3 is 1. The zero-order valence-electron chi connectivity index (χ0n) is 18.8. The number of aliphatic hydroxyl groups is 1. The molecule has 32 heavy (non-hydrogen) atoms. The molecule has 0 radical (unpaired) electrons. The topological polar surface area (TPSA) is 55.9 Å². The molecule has 0 amide bonds. The maximum Gasteiger partial charge on any atom is 0.185 e. The van der Waals surface area contributed by atoms with Gasteiger partial charge in [0, 0.05) is 28.2 Å². The highest BCUT2D eigenvalue weighted by molar-refractivity contribution is 6.07. The van der Waals surface area contributed by atoms with E-state index in [1.54, 1.807) is 37.5 Å². The van der Waals surface area contributed by atoms with E-state index in [-0.39, 0.29) is 5.78 Å². The van der Waals surface area contributed by atoms with E-state index < -0.39 is 6.10 Å². The number of hydrogen-bond acceptors (Lipinski definition) is 3. The van der Waals surface area contributed by atoms with Crippen molar-refractivity contribution < 1.29 is 19.5 Å². The van der Waals surface area contributed by atoms with Crippen molar-refractivity contribution in [2.75, 3.05) is 26.7 Å². The lowest BCUT2D eigenvalue weighted by Gasteiger charge is -2.21. The van der Waals surface area contributed by atoms with Crippen LogP contribution in [0.25, 0.3) is 17.0 Å². The quantitative estimate of drug-likeness (QED) is 0.423. The van der Waals surface area contributed by atoms with Crippen molar-refractivity contribution in [3.05, 3.63) is 71.9 Å². The van der Waals surface area contributed by atoms with Crippen LogP contribution in [0.2, 0.25) is 0 Å². The molecule has 5 nitrogen and oxygen atoms in total. The summed E-state index contributed by atoms with van der Waals surface area (Å²) in [6, 6.07) is 15.3. The molecule has 2 aromatic carbocycles. The molecule has 2 heterocycles. The molecule has 1 aromatic heterocycles. The monoisotopic (exact) mass is 433 g/mol. The van der Waals surface area contributed by atoms with E-state index >= 15 is 0 Å². The number of carbonyl (C=O) groups excluding carboxylic acids is 1. The second-order valence-corrected chi connectivity index (χ2v) is 8.70. The standard InChI is InChI=1S/C27H32N2O3/c1-32-24-13-10-21(11-14-24)27(31)15-12-22-18-29(26-9-5-4-8-25(22)26)20-23(30)19-28-16-6-2-3-7-17-28/h4-5,8-15,18,23,30H,2-3,6-7,16-17,19-20H2,1H3/p+1/b15-12+/t23-/m1/s1. The molecule has 1 fully saturated rings. The molecule has 2 N–H and O–H groups in total. The number of carbonyl (C=O) groups is 1. The molecule has 168 valence electrons. The van der Waals surface area contributed by atoms with Crippen molar-refractivity contribution >= 4 is 22.8 Å². The van der Waals surface area contributed by atoms with E-state index in [9.17, 15) is 9.90 Å². The van der Waals surface area contributed by atoms with Crippen LogP contribution in [0.1, 0.15) is 41.6 Å². The first-order valence-corrected chi connectivity index (χ1v) is 11.6. The third-order valence-electron chi connectivity index (χ3n) is 6.35. The van der Waals surface area contributed by atoms with E-state index in [1.165, 1.54) is 30.6 Å². The fraction of sp³-hybridized carbons (Fsp3) is 0.370. The van der Waals surface area contributed by atoms with Crippen LogP contribution in [0.5, 0.6) is 5.75 Å². The lowest BCUT2D eigenvalue weighted by Crippen LogP contribution is -3.13. The number of ketones is 1. The highest BCUT2D eigenvalue weighted by atomic mass is 16.5. The number of para-hydroxylation sites is 1. The van der Waals surface area contributed by atoms with Gasteiger partial charge in [0.25, 0.3) is 0 Å². The number of hydrogen-bond donors (Lipinski definition) is 2. The fourth-order valence-corrected chi connectivity index (χ4v) is 4.63.